The lowest BCUT2D eigenvalue weighted by molar-refractivity contribution is -0.143. The van der Waals surface area contributed by atoms with Gasteiger partial charge in [0.1, 0.15) is 18.1 Å². The zero-order valence-electron chi connectivity index (χ0n) is 18.6. The number of nitrogens with two attached hydrogens (primary N) is 1. The molecule has 0 aromatic rings. The first-order valence-corrected chi connectivity index (χ1v) is 11.3. The van der Waals surface area contributed by atoms with Crippen molar-refractivity contribution in [3.63, 3.8) is 0 Å². The monoisotopic (exact) mass is 439 g/mol. The Morgan fingerprint density at radius 2 is 1.87 bits per heavy atom. The molecule has 3 amide bonds. The fraction of sp³-hybridized carbons (Fsp3) is 0.810. The average molecular weight is 440 g/mol. The standard InChI is InChI=1S/C21H37N5O5/c1-13(2)17(19(28)24-15(21(30)31)7-3-4-10-22)25-18(27)16-9-6-12-26(16)20(29)14-8-5-11-23-14/h13-17,23H,3-12,22H2,1-2H3,(H,24,28)(H,25,27)(H,30,31). The van der Waals surface area contributed by atoms with Gasteiger partial charge in [-0.2, -0.15) is 0 Å². The summed E-state index contributed by atoms with van der Waals surface area (Å²) in [4.78, 5) is 51.7. The molecule has 31 heavy (non-hydrogen) atoms. The lowest BCUT2D eigenvalue weighted by Gasteiger charge is -2.29. The normalized spacial score (nSPS) is 22.9. The van der Waals surface area contributed by atoms with Crippen LogP contribution in [0, 0.1) is 5.92 Å². The van der Waals surface area contributed by atoms with Gasteiger partial charge < -0.3 is 31.7 Å². The van der Waals surface area contributed by atoms with E-state index < -0.39 is 30.0 Å². The number of unbranched alkanes of at least 4 members (excludes halogenated alkanes) is 1. The van der Waals surface area contributed by atoms with Gasteiger partial charge in [0.05, 0.1) is 6.04 Å². The minimum atomic E-state index is -1.11. The maximum atomic E-state index is 13.0. The van der Waals surface area contributed by atoms with Crippen LogP contribution >= 0.6 is 0 Å². The molecule has 0 aromatic heterocycles. The van der Waals surface area contributed by atoms with Crippen LogP contribution in [-0.2, 0) is 19.2 Å². The molecule has 0 spiro atoms. The summed E-state index contributed by atoms with van der Waals surface area (Å²) in [6, 6.07) is -2.77. The second-order valence-corrected chi connectivity index (χ2v) is 8.75. The summed E-state index contributed by atoms with van der Waals surface area (Å²) in [5.41, 5.74) is 5.45. The van der Waals surface area contributed by atoms with E-state index in [1.54, 1.807) is 18.7 Å². The van der Waals surface area contributed by atoms with Crippen LogP contribution in [0.2, 0.25) is 0 Å². The van der Waals surface area contributed by atoms with Gasteiger partial charge in [-0.05, 0) is 64.0 Å². The Bertz CT molecular complexity index is 650. The van der Waals surface area contributed by atoms with Gasteiger partial charge in [0.15, 0.2) is 0 Å². The molecule has 2 heterocycles. The molecule has 10 heteroatoms. The number of nitrogens with one attached hydrogen (secondary N) is 3. The van der Waals surface area contributed by atoms with E-state index in [4.69, 9.17) is 5.73 Å². The van der Waals surface area contributed by atoms with E-state index in [1.165, 1.54) is 0 Å². The van der Waals surface area contributed by atoms with Crippen LogP contribution in [0.5, 0.6) is 0 Å². The van der Waals surface area contributed by atoms with E-state index in [-0.39, 0.29) is 30.2 Å². The maximum Gasteiger partial charge on any atom is 0.326 e. The lowest BCUT2D eigenvalue weighted by atomic mass is 10.0. The summed E-state index contributed by atoms with van der Waals surface area (Å²) < 4.78 is 0. The van der Waals surface area contributed by atoms with Crippen molar-refractivity contribution in [3.05, 3.63) is 0 Å². The van der Waals surface area contributed by atoms with Crippen molar-refractivity contribution in [2.45, 2.75) is 83.0 Å². The molecule has 0 bridgehead atoms. The highest BCUT2D eigenvalue weighted by Crippen LogP contribution is 2.21. The van der Waals surface area contributed by atoms with Crippen molar-refractivity contribution in [2.75, 3.05) is 19.6 Å². The molecule has 0 aliphatic carbocycles. The molecule has 10 nitrogen and oxygen atoms in total. The number of hydrogen-bond acceptors (Lipinski definition) is 6. The molecule has 176 valence electrons. The second-order valence-electron chi connectivity index (χ2n) is 8.75. The number of aliphatic carboxylic acids is 1. The van der Waals surface area contributed by atoms with E-state index in [0.717, 1.165) is 25.8 Å². The summed E-state index contributed by atoms with van der Waals surface area (Å²) in [5, 5.41) is 17.9. The van der Waals surface area contributed by atoms with Crippen molar-refractivity contribution in [1.29, 1.82) is 0 Å². The van der Waals surface area contributed by atoms with Gasteiger partial charge in [0, 0.05) is 6.54 Å². The number of carbonyl (C=O) groups is 4. The highest BCUT2D eigenvalue weighted by Gasteiger charge is 2.39. The Balaban J connectivity index is 2.00. The van der Waals surface area contributed by atoms with E-state index >= 15 is 0 Å². The van der Waals surface area contributed by atoms with Crippen LogP contribution in [0.4, 0.5) is 0 Å². The number of amides is 3. The predicted molar refractivity (Wildman–Crippen MR) is 115 cm³/mol. The third-order valence-electron chi connectivity index (χ3n) is 6.01. The van der Waals surface area contributed by atoms with Gasteiger partial charge in [-0.1, -0.05) is 13.8 Å². The Morgan fingerprint density at radius 3 is 2.45 bits per heavy atom. The minimum Gasteiger partial charge on any atom is -0.480 e. The second kappa shape index (κ2) is 12.0. The van der Waals surface area contributed by atoms with Gasteiger partial charge in [0.25, 0.3) is 0 Å². The van der Waals surface area contributed by atoms with Crippen molar-refractivity contribution in [1.82, 2.24) is 20.9 Å². The van der Waals surface area contributed by atoms with Gasteiger partial charge in [0.2, 0.25) is 17.7 Å². The first-order chi connectivity index (χ1) is 14.8. The third-order valence-corrected chi connectivity index (χ3v) is 6.01. The van der Waals surface area contributed by atoms with Crippen molar-refractivity contribution in [2.24, 2.45) is 11.7 Å². The van der Waals surface area contributed by atoms with Gasteiger partial charge in [-0.15, -0.1) is 0 Å². The van der Waals surface area contributed by atoms with Crippen LogP contribution in [0.3, 0.4) is 0 Å². The molecule has 2 saturated heterocycles. The fourth-order valence-corrected chi connectivity index (χ4v) is 4.19. The van der Waals surface area contributed by atoms with Crippen molar-refractivity contribution in [3.8, 4) is 0 Å². The molecule has 4 unspecified atom stereocenters. The van der Waals surface area contributed by atoms with Crippen LogP contribution in [0.1, 0.15) is 58.8 Å². The Kier molecular flexibility index (Phi) is 9.70. The number of carboxylic acids is 1. The minimum absolute atomic E-state index is 0.0634. The average Bonchev–Trinajstić information content (AvgIpc) is 3.42. The van der Waals surface area contributed by atoms with Gasteiger partial charge in [-0.3, -0.25) is 14.4 Å². The predicted octanol–water partition coefficient (Wildman–Crippen LogP) is -0.431. The number of carboxylic acid groups (broad SMARTS) is 1. The quantitative estimate of drug-likeness (QED) is 0.274. The first kappa shape index (κ1) is 25.1. The van der Waals surface area contributed by atoms with Gasteiger partial charge in [-0.25, -0.2) is 4.79 Å². The summed E-state index contributed by atoms with van der Waals surface area (Å²) in [5.74, 6) is -2.32. The lowest BCUT2D eigenvalue weighted by Crippen LogP contribution is -2.58. The summed E-state index contributed by atoms with van der Waals surface area (Å²) in [7, 11) is 0. The summed E-state index contributed by atoms with van der Waals surface area (Å²) in [6.07, 6.45) is 4.52. The molecule has 2 aliphatic heterocycles. The van der Waals surface area contributed by atoms with E-state index in [0.29, 0.717) is 32.4 Å². The molecule has 2 rings (SSSR count). The number of hydrogen-bond donors (Lipinski definition) is 5. The number of carbonyl (C=O) groups excluding carboxylic acids is 3. The maximum absolute atomic E-state index is 13.0. The molecular weight excluding hydrogens is 402 g/mol. The number of likely N-dealkylation sites (tertiary alicyclic amines) is 1. The molecule has 2 fully saturated rings. The molecular formula is C21H37N5O5. The van der Waals surface area contributed by atoms with Crippen LogP contribution in [0.25, 0.3) is 0 Å². The highest BCUT2D eigenvalue weighted by molar-refractivity contribution is 5.94. The number of rotatable bonds is 11. The Morgan fingerprint density at radius 1 is 1.13 bits per heavy atom. The molecule has 6 N–H and O–H groups in total. The molecule has 4 atom stereocenters. The zero-order chi connectivity index (χ0) is 23.0. The smallest absolute Gasteiger partial charge is 0.326 e. The molecule has 0 aromatic carbocycles. The van der Waals surface area contributed by atoms with Crippen molar-refractivity contribution < 1.29 is 24.3 Å². The first-order valence-electron chi connectivity index (χ1n) is 11.3. The van der Waals surface area contributed by atoms with E-state index in [9.17, 15) is 24.3 Å². The SMILES string of the molecule is CC(C)C(NC(=O)C1CCCN1C(=O)C1CCCN1)C(=O)NC(CCCCN)C(=O)O. The van der Waals surface area contributed by atoms with Crippen LogP contribution in [0.15, 0.2) is 0 Å². The van der Waals surface area contributed by atoms with E-state index in [2.05, 4.69) is 16.0 Å². The molecule has 0 saturated carbocycles. The topological polar surface area (TPSA) is 154 Å². The fourth-order valence-electron chi connectivity index (χ4n) is 4.19. The summed E-state index contributed by atoms with van der Waals surface area (Å²) >= 11 is 0. The number of nitrogens with zero attached hydrogens (tertiary/aromatic N) is 1. The van der Waals surface area contributed by atoms with Crippen LogP contribution < -0.4 is 21.7 Å². The Hall–Kier alpha value is -2.20. The van der Waals surface area contributed by atoms with Crippen molar-refractivity contribution >= 4 is 23.7 Å². The molecule has 2 aliphatic rings. The van der Waals surface area contributed by atoms with E-state index in [1.807, 2.05) is 0 Å². The Labute approximate surface area is 183 Å². The summed E-state index contributed by atoms with van der Waals surface area (Å²) in [6.45, 7) is 5.35. The largest absolute Gasteiger partial charge is 0.480 e. The molecule has 0 radical (unpaired) electrons. The highest BCUT2D eigenvalue weighted by atomic mass is 16.4. The van der Waals surface area contributed by atoms with Crippen LogP contribution in [-0.4, -0.2) is 77.5 Å². The third kappa shape index (κ3) is 6.90. The zero-order valence-corrected chi connectivity index (χ0v) is 18.6. The van der Waals surface area contributed by atoms with Gasteiger partial charge >= 0.3 is 5.97 Å².